The van der Waals surface area contributed by atoms with Crippen molar-refractivity contribution in [1.82, 2.24) is 19.6 Å². The van der Waals surface area contributed by atoms with E-state index in [9.17, 15) is 9.90 Å². The number of nitrogens with two attached hydrogens (primary N) is 1. The van der Waals surface area contributed by atoms with Crippen LogP contribution in [0.1, 0.15) is 16.3 Å². The molecule has 0 radical (unpaired) electrons. The molecule has 3 heterocycles. The molecule has 1 aliphatic heterocycles. The molecule has 0 atom stereocenters. The number of rotatable bonds is 3. The van der Waals surface area contributed by atoms with E-state index in [0.29, 0.717) is 17.7 Å². The summed E-state index contributed by atoms with van der Waals surface area (Å²) in [4.78, 5) is 17.8. The highest BCUT2D eigenvalue weighted by Crippen LogP contribution is 2.18. The number of aromatic nitrogens is 2. The predicted molar refractivity (Wildman–Crippen MR) is 74.7 cm³/mol. The van der Waals surface area contributed by atoms with Crippen molar-refractivity contribution in [2.45, 2.75) is 6.54 Å². The van der Waals surface area contributed by atoms with Crippen molar-refractivity contribution < 1.29 is 9.90 Å². The fraction of sp³-hybridized carbons (Fsp3) is 0.385. The van der Waals surface area contributed by atoms with Crippen molar-refractivity contribution >= 4 is 17.2 Å². The normalized spacial score (nSPS) is 16.6. The lowest BCUT2D eigenvalue weighted by molar-refractivity contribution is 0.0693. The van der Waals surface area contributed by atoms with Crippen molar-refractivity contribution in [3.63, 3.8) is 0 Å². The molecule has 0 spiro atoms. The summed E-state index contributed by atoms with van der Waals surface area (Å²) in [6, 6.07) is 3.40. The Balaban J connectivity index is 1.99. The van der Waals surface area contributed by atoms with Crippen LogP contribution in [0, 0.1) is 0 Å². The average Bonchev–Trinajstić information content (AvgIpc) is 2.78. The highest BCUT2D eigenvalue weighted by molar-refractivity contribution is 5.94. The van der Waals surface area contributed by atoms with Crippen molar-refractivity contribution in [2.75, 3.05) is 31.9 Å². The van der Waals surface area contributed by atoms with Gasteiger partial charge < -0.3 is 20.6 Å². The standard InChI is InChI=1S/C13H17N5O2/c14-9-1-4-18-10(7-9)12(13(19)20)16-11(18)8-17-5-2-15-3-6-17/h1,4,7,15H,2-3,5-6,8,14H2,(H,19,20). The lowest BCUT2D eigenvalue weighted by atomic mass is 10.3. The number of piperazine rings is 1. The van der Waals surface area contributed by atoms with Gasteiger partial charge in [0.1, 0.15) is 5.82 Å². The molecule has 0 bridgehead atoms. The average molecular weight is 275 g/mol. The van der Waals surface area contributed by atoms with E-state index in [1.54, 1.807) is 18.3 Å². The topological polar surface area (TPSA) is 95.9 Å². The van der Waals surface area contributed by atoms with Gasteiger partial charge in [0, 0.05) is 38.1 Å². The molecule has 20 heavy (non-hydrogen) atoms. The maximum Gasteiger partial charge on any atom is 0.356 e. The number of carboxylic acid groups (broad SMARTS) is 1. The van der Waals surface area contributed by atoms with Crippen LogP contribution >= 0.6 is 0 Å². The first-order chi connectivity index (χ1) is 9.65. The molecule has 1 aliphatic rings. The van der Waals surface area contributed by atoms with Gasteiger partial charge in [0.05, 0.1) is 12.1 Å². The maximum atomic E-state index is 11.3. The minimum Gasteiger partial charge on any atom is -0.476 e. The SMILES string of the molecule is Nc1ccn2c(CN3CCNCC3)nc(C(=O)O)c2c1. The minimum absolute atomic E-state index is 0.0578. The molecule has 0 unspecified atom stereocenters. The molecule has 7 nitrogen and oxygen atoms in total. The molecule has 2 aromatic heterocycles. The molecule has 7 heteroatoms. The second-order valence-electron chi connectivity index (χ2n) is 4.92. The summed E-state index contributed by atoms with van der Waals surface area (Å²) in [6.07, 6.45) is 1.78. The number of fused-ring (bicyclic) bond motifs is 1. The second-order valence-corrected chi connectivity index (χ2v) is 4.92. The summed E-state index contributed by atoms with van der Waals surface area (Å²) in [7, 11) is 0. The molecular weight excluding hydrogens is 258 g/mol. The predicted octanol–water partition coefficient (Wildman–Crippen LogP) is 0.0199. The molecular formula is C13H17N5O2. The highest BCUT2D eigenvalue weighted by Gasteiger charge is 2.19. The van der Waals surface area contributed by atoms with Gasteiger partial charge in [-0.15, -0.1) is 0 Å². The van der Waals surface area contributed by atoms with Crippen LogP contribution in [-0.4, -0.2) is 51.5 Å². The van der Waals surface area contributed by atoms with Crippen LogP contribution in [0.15, 0.2) is 18.3 Å². The van der Waals surface area contributed by atoms with Crippen LogP contribution < -0.4 is 11.1 Å². The number of nitrogens with one attached hydrogen (secondary N) is 1. The Bertz CT molecular complexity index is 645. The fourth-order valence-electron chi connectivity index (χ4n) is 2.50. The fourth-order valence-corrected chi connectivity index (χ4v) is 2.50. The lowest BCUT2D eigenvalue weighted by Crippen LogP contribution is -2.43. The van der Waals surface area contributed by atoms with Gasteiger partial charge >= 0.3 is 5.97 Å². The molecule has 0 amide bonds. The van der Waals surface area contributed by atoms with Gasteiger partial charge in [0.25, 0.3) is 0 Å². The van der Waals surface area contributed by atoms with Crippen molar-refractivity contribution in [3.05, 3.63) is 29.8 Å². The number of carboxylic acids is 1. The Morgan fingerprint density at radius 3 is 2.90 bits per heavy atom. The third kappa shape index (κ3) is 2.33. The van der Waals surface area contributed by atoms with Crippen molar-refractivity contribution in [3.8, 4) is 0 Å². The van der Waals surface area contributed by atoms with Gasteiger partial charge in [-0.25, -0.2) is 9.78 Å². The quantitative estimate of drug-likeness (QED) is 0.731. The zero-order valence-corrected chi connectivity index (χ0v) is 11.0. The first kappa shape index (κ1) is 12.9. The summed E-state index contributed by atoms with van der Waals surface area (Å²) >= 11 is 0. The number of aromatic carboxylic acids is 1. The third-order valence-corrected chi connectivity index (χ3v) is 3.52. The maximum absolute atomic E-state index is 11.3. The van der Waals surface area contributed by atoms with Gasteiger partial charge in [-0.1, -0.05) is 0 Å². The Morgan fingerprint density at radius 2 is 2.20 bits per heavy atom. The Labute approximate surface area is 116 Å². The number of anilines is 1. The number of pyridine rings is 1. The minimum atomic E-state index is -1.03. The van der Waals surface area contributed by atoms with Gasteiger partial charge in [0.15, 0.2) is 5.69 Å². The Hall–Kier alpha value is -2.12. The summed E-state index contributed by atoms with van der Waals surface area (Å²) in [5.41, 5.74) is 6.87. The second kappa shape index (κ2) is 5.10. The molecule has 1 fully saturated rings. The molecule has 106 valence electrons. The molecule has 0 aliphatic carbocycles. The third-order valence-electron chi connectivity index (χ3n) is 3.52. The molecule has 2 aromatic rings. The Kier molecular flexibility index (Phi) is 3.29. The van der Waals surface area contributed by atoms with E-state index >= 15 is 0 Å². The number of nitrogen functional groups attached to an aromatic ring is 1. The van der Waals surface area contributed by atoms with Crippen LogP contribution in [0.2, 0.25) is 0 Å². The summed E-state index contributed by atoms with van der Waals surface area (Å²) < 4.78 is 1.81. The number of imidazole rings is 1. The molecule has 0 saturated carbocycles. The van der Waals surface area contributed by atoms with Crippen LogP contribution in [0.3, 0.4) is 0 Å². The lowest BCUT2D eigenvalue weighted by Gasteiger charge is -2.26. The van der Waals surface area contributed by atoms with Gasteiger partial charge in [-0.2, -0.15) is 0 Å². The molecule has 4 N–H and O–H groups in total. The Morgan fingerprint density at radius 1 is 1.45 bits per heavy atom. The van der Waals surface area contributed by atoms with Crippen LogP contribution in [-0.2, 0) is 6.54 Å². The zero-order chi connectivity index (χ0) is 14.1. The smallest absolute Gasteiger partial charge is 0.356 e. The van der Waals surface area contributed by atoms with E-state index in [1.165, 1.54) is 0 Å². The first-order valence-electron chi connectivity index (χ1n) is 6.58. The summed E-state index contributed by atoms with van der Waals surface area (Å²) in [5.74, 6) is -0.293. The van der Waals surface area contributed by atoms with Gasteiger partial charge in [-0.3, -0.25) is 4.90 Å². The van der Waals surface area contributed by atoms with E-state index in [1.807, 2.05) is 4.40 Å². The van der Waals surface area contributed by atoms with Crippen LogP contribution in [0.4, 0.5) is 5.69 Å². The van der Waals surface area contributed by atoms with E-state index in [2.05, 4.69) is 15.2 Å². The largest absolute Gasteiger partial charge is 0.476 e. The number of nitrogens with zero attached hydrogens (tertiary/aromatic N) is 3. The van der Waals surface area contributed by atoms with E-state index in [4.69, 9.17) is 5.73 Å². The zero-order valence-electron chi connectivity index (χ0n) is 11.0. The van der Waals surface area contributed by atoms with E-state index in [-0.39, 0.29) is 5.69 Å². The summed E-state index contributed by atoms with van der Waals surface area (Å²) in [6.45, 7) is 4.41. The van der Waals surface area contributed by atoms with E-state index in [0.717, 1.165) is 32.0 Å². The molecule has 3 rings (SSSR count). The van der Waals surface area contributed by atoms with E-state index < -0.39 is 5.97 Å². The highest BCUT2D eigenvalue weighted by atomic mass is 16.4. The number of carbonyl (C=O) groups is 1. The first-order valence-corrected chi connectivity index (χ1v) is 6.58. The van der Waals surface area contributed by atoms with Crippen molar-refractivity contribution in [2.24, 2.45) is 0 Å². The van der Waals surface area contributed by atoms with Crippen LogP contribution in [0.5, 0.6) is 0 Å². The van der Waals surface area contributed by atoms with Gasteiger partial charge in [0.2, 0.25) is 0 Å². The van der Waals surface area contributed by atoms with Crippen LogP contribution in [0.25, 0.3) is 5.52 Å². The number of hydrogen-bond acceptors (Lipinski definition) is 5. The monoisotopic (exact) mass is 275 g/mol. The van der Waals surface area contributed by atoms with Crippen molar-refractivity contribution in [1.29, 1.82) is 0 Å². The number of hydrogen-bond donors (Lipinski definition) is 3. The van der Waals surface area contributed by atoms with Gasteiger partial charge in [-0.05, 0) is 12.1 Å². The summed E-state index contributed by atoms with van der Waals surface area (Å²) in [5, 5.41) is 12.5. The molecule has 1 saturated heterocycles. The molecule has 0 aromatic carbocycles.